The molecule has 35 heavy (non-hydrogen) atoms. The molecular weight excluding hydrogens is 438 g/mol. The van der Waals surface area contributed by atoms with Crippen molar-refractivity contribution in [2.75, 3.05) is 11.9 Å². The van der Waals surface area contributed by atoms with Gasteiger partial charge in [-0.3, -0.25) is 9.59 Å². The molecule has 1 heterocycles. The SMILES string of the molecule is CC(C)CCCCNC(=O)c1cccc(Nc2ccc(C(=O)N=c3nccc[nH]3)cc2C2CC2)c1. The Hall–Kier alpha value is -3.74. The molecule has 1 aromatic heterocycles. The number of aromatic amines is 1. The van der Waals surface area contributed by atoms with Gasteiger partial charge in [0.1, 0.15) is 0 Å². The second-order valence-corrected chi connectivity index (χ2v) is 9.45. The van der Waals surface area contributed by atoms with Gasteiger partial charge < -0.3 is 15.6 Å². The van der Waals surface area contributed by atoms with Gasteiger partial charge >= 0.3 is 0 Å². The van der Waals surface area contributed by atoms with Crippen LogP contribution in [-0.2, 0) is 0 Å². The molecule has 0 aliphatic heterocycles. The first kappa shape index (κ1) is 24.4. The van der Waals surface area contributed by atoms with Gasteiger partial charge in [-0.15, -0.1) is 0 Å². The maximum absolute atomic E-state index is 12.7. The Morgan fingerprint density at radius 3 is 2.69 bits per heavy atom. The standard InChI is InChI=1S/C28H33N5O2/c1-19(2)7-3-4-14-29-26(34)21-8-5-9-23(17-21)32-25-13-12-22(18-24(25)20-10-11-20)27(35)33-28-30-15-6-16-31-28/h5-6,8-9,12-13,15-20,32H,3-4,7,10-11,14H2,1-2H3,(H,29,34)(H,30,31,33,35). The number of hydrogen-bond donors (Lipinski definition) is 3. The van der Waals surface area contributed by atoms with Crippen molar-refractivity contribution in [2.24, 2.45) is 10.9 Å². The molecule has 1 aliphatic rings. The van der Waals surface area contributed by atoms with Gasteiger partial charge in [-0.05, 0) is 79.1 Å². The van der Waals surface area contributed by atoms with Gasteiger partial charge in [0, 0.05) is 41.4 Å². The average molecular weight is 472 g/mol. The summed E-state index contributed by atoms with van der Waals surface area (Å²) >= 11 is 0. The van der Waals surface area contributed by atoms with Crippen molar-refractivity contribution >= 4 is 23.2 Å². The van der Waals surface area contributed by atoms with Gasteiger partial charge in [-0.2, -0.15) is 4.99 Å². The van der Waals surface area contributed by atoms with Crippen LogP contribution in [0.5, 0.6) is 0 Å². The van der Waals surface area contributed by atoms with E-state index >= 15 is 0 Å². The number of rotatable bonds is 10. The number of nitrogens with zero attached hydrogens (tertiary/aromatic N) is 2. The van der Waals surface area contributed by atoms with Gasteiger partial charge in [-0.25, -0.2) is 4.98 Å². The summed E-state index contributed by atoms with van der Waals surface area (Å²) in [6.07, 6.45) is 8.75. The van der Waals surface area contributed by atoms with E-state index in [1.54, 1.807) is 24.5 Å². The molecule has 1 saturated carbocycles. The Labute approximate surface area is 206 Å². The van der Waals surface area contributed by atoms with Crippen molar-refractivity contribution in [1.29, 1.82) is 0 Å². The topological polar surface area (TPSA) is 99.2 Å². The summed E-state index contributed by atoms with van der Waals surface area (Å²) in [6.45, 7) is 5.12. The summed E-state index contributed by atoms with van der Waals surface area (Å²) in [5.74, 6) is 0.717. The first-order valence-electron chi connectivity index (χ1n) is 12.4. The third-order valence-electron chi connectivity index (χ3n) is 6.01. The predicted molar refractivity (Wildman–Crippen MR) is 138 cm³/mol. The second-order valence-electron chi connectivity index (χ2n) is 9.45. The highest BCUT2D eigenvalue weighted by atomic mass is 16.2. The van der Waals surface area contributed by atoms with Crippen LogP contribution >= 0.6 is 0 Å². The van der Waals surface area contributed by atoms with Crippen LogP contribution in [0.15, 0.2) is 65.9 Å². The molecular formula is C28H33N5O2. The minimum Gasteiger partial charge on any atom is -0.355 e. The Morgan fingerprint density at radius 1 is 1.09 bits per heavy atom. The van der Waals surface area contributed by atoms with E-state index < -0.39 is 0 Å². The number of H-pyrrole nitrogens is 1. The van der Waals surface area contributed by atoms with Crippen molar-refractivity contribution in [3.8, 4) is 0 Å². The van der Waals surface area contributed by atoms with Crippen LogP contribution in [0.3, 0.4) is 0 Å². The smallest absolute Gasteiger partial charge is 0.280 e. The zero-order valence-corrected chi connectivity index (χ0v) is 20.4. The van der Waals surface area contributed by atoms with Crippen molar-refractivity contribution in [1.82, 2.24) is 15.3 Å². The van der Waals surface area contributed by atoms with Crippen molar-refractivity contribution in [3.63, 3.8) is 0 Å². The predicted octanol–water partition coefficient (Wildman–Crippen LogP) is 5.33. The fraction of sp³-hybridized carbons (Fsp3) is 0.357. The summed E-state index contributed by atoms with van der Waals surface area (Å²) in [5.41, 5.74) is 4.32. The van der Waals surface area contributed by atoms with Crippen molar-refractivity contribution in [2.45, 2.75) is 51.9 Å². The number of carbonyl (C=O) groups excluding carboxylic acids is 2. The van der Waals surface area contributed by atoms with Crippen LogP contribution in [0, 0.1) is 5.92 Å². The molecule has 3 aromatic rings. The zero-order valence-electron chi connectivity index (χ0n) is 20.4. The van der Waals surface area contributed by atoms with E-state index in [2.05, 4.69) is 39.4 Å². The molecule has 1 fully saturated rings. The van der Waals surface area contributed by atoms with Crippen LogP contribution in [0.4, 0.5) is 11.4 Å². The fourth-order valence-corrected chi connectivity index (χ4v) is 3.96. The number of anilines is 2. The lowest BCUT2D eigenvalue weighted by atomic mass is 10.0. The zero-order chi connectivity index (χ0) is 24.6. The highest BCUT2D eigenvalue weighted by Gasteiger charge is 2.27. The van der Waals surface area contributed by atoms with Crippen molar-refractivity contribution < 1.29 is 9.59 Å². The highest BCUT2D eigenvalue weighted by Crippen LogP contribution is 2.44. The minimum absolute atomic E-state index is 0.0607. The Morgan fingerprint density at radius 2 is 1.94 bits per heavy atom. The van der Waals surface area contributed by atoms with Gasteiger partial charge in [0.25, 0.3) is 11.8 Å². The average Bonchev–Trinajstić information content (AvgIpc) is 3.70. The fourth-order valence-electron chi connectivity index (χ4n) is 3.96. The molecule has 2 amide bonds. The van der Waals surface area contributed by atoms with E-state index in [0.29, 0.717) is 29.5 Å². The molecule has 0 radical (unpaired) electrons. The molecule has 0 saturated heterocycles. The van der Waals surface area contributed by atoms with Gasteiger partial charge in [0.15, 0.2) is 0 Å². The molecule has 4 rings (SSSR count). The largest absolute Gasteiger partial charge is 0.355 e. The van der Waals surface area contributed by atoms with E-state index in [1.807, 2.05) is 36.4 Å². The maximum atomic E-state index is 12.7. The number of amides is 2. The van der Waals surface area contributed by atoms with E-state index in [0.717, 1.165) is 42.6 Å². The third-order valence-corrected chi connectivity index (χ3v) is 6.01. The Balaban J connectivity index is 1.44. The summed E-state index contributed by atoms with van der Waals surface area (Å²) in [4.78, 5) is 36.3. The van der Waals surface area contributed by atoms with Crippen LogP contribution in [0.2, 0.25) is 0 Å². The number of carbonyl (C=O) groups is 2. The van der Waals surface area contributed by atoms with Crippen LogP contribution in [-0.4, -0.2) is 28.3 Å². The molecule has 7 nitrogen and oxygen atoms in total. The van der Waals surface area contributed by atoms with E-state index in [9.17, 15) is 9.59 Å². The molecule has 0 spiro atoms. The highest BCUT2D eigenvalue weighted by molar-refractivity contribution is 5.96. The third kappa shape index (κ3) is 7.12. The molecule has 182 valence electrons. The summed E-state index contributed by atoms with van der Waals surface area (Å²) in [7, 11) is 0. The molecule has 0 atom stereocenters. The van der Waals surface area contributed by atoms with E-state index in [4.69, 9.17) is 0 Å². The normalized spacial score (nSPS) is 13.6. The molecule has 0 unspecified atom stereocenters. The molecule has 0 bridgehead atoms. The van der Waals surface area contributed by atoms with Crippen LogP contribution in [0.25, 0.3) is 0 Å². The summed E-state index contributed by atoms with van der Waals surface area (Å²) in [5, 5.41) is 6.47. The maximum Gasteiger partial charge on any atom is 0.280 e. The summed E-state index contributed by atoms with van der Waals surface area (Å²) < 4.78 is 0. The van der Waals surface area contributed by atoms with Gasteiger partial charge in [0.05, 0.1) is 0 Å². The lowest BCUT2D eigenvalue weighted by molar-refractivity contribution is 0.0951. The second kappa shape index (κ2) is 11.6. The van der Waals surface area contributed by atoms with Gasteiger partial charge in [-0.1, -0.05) is 32.8 Å². The lowest BCUT2D eigenvalue weighted by Gasteiger charge is -2.14. The first-order valence-corrected chi connectivity index (χ1v) is 12.4. The quantitative estimate of drug-likeness (QED) is 0.348. The number of unbranched alkanes of at least 4 members (excludes halogenated alkanes) is 1. The monoisotopic (exact) mass is 471 g/mol. The number of aromatic nitrogens is 2. The number of hydrogen-bond acceptors (Lipinski definition) is 4. The summed E-state index contributed by atoms with van der Waals surface area (Å²) in [6, 6.07) is 14.9. The molecule has 2 aromatic carbocycles. The van der Waals surface area contributed by atoms with Crippen LogP contribution in [0.1, 0.15) is 78.1 Å². The Kier molecular flexibility index (Phi) is 8.08. The lowest BCUT2D eigenvalue weighted by Crippen LogP contribution is -2.24. The molecule has 1 aliphatic carbocycles. The van der Waals surface area contributed by atoms with E-state index in [-0.39, 0.29) is 17.4 Å². The van der Waals surface area contributed by atoms with E-state index in [1.165, 1.54) is 6.42 Å². The molecule has 3 N–H and O–H groups in total. The number of benzene rings is 2. The van der Waals surface area contributed by atoms with Gasteiger partial charge in [0.2, 0.25) is 5.62 Å². The minimum atomic E-state index is -0.333. The molecule has 7 heteroatoms. The number of nitrogens with one attached hydrogen (secondary N) is 3. The van der Waals surface area contributed by atoms with Crippen molar-refractivity contribution in [3.05, 3.63) is 83.2 Å². The van der Waals surface area contributed by atoms with Crippen LogP contribution < -0.4 is 16.3 Å². The first-order chi connectivity index (χ1) is 17.0. The Bertz CT molecular complexity index is 1230.